The minimum absolute atomic E-state index is 0.0893. The lowest BCUT2D eigenvalue weighted by Gasteiger charge is -2.30. The molecule has 2 rings (SSSR count). The first-order valence-electron chi connectivity index (χ1n) is 7.76. The predicted molar refractivity (Wildman–Crippen MR) is 81.1 cm³/mol. The predicted octanol–water partition coefficient (Wildman–Crippen LogP) is 2.09. The number of likely N-dealkylation sites (tertiary alicyclic amines) is 1. The Kier molecular flexibility index (Phi) is 5.64. The van der Waals surface area contributed by atoms with Crippen LogP contribution < -0.4 is 11.1 Å². The van der Waals surface area contributed by atoms with Crippen LogP contribution in [-0.4, -0.2) is 36.0 Å². The van der Waals surface area contributed by atoms with Gasteiger partial charge in [0.2, 0.25) is 5.91 Å². The SMILES string of the molecule is CCN1CC[C@H](N[C@H](C)CC(N)=O)[C@@H]1c1cc(F)c(F)c(F)c1. The molecule has 0 saturated carbocycles. The highest BCUT2D eigenvalue weighted by atomic mass is 19.2. The van der Waals surface area contributed by atoms with Gasteiger partial charge in [0.05, 0.1) is 6.04 Å². The highest BCUT2D eigenvalue weighted by Gasteiger charge is 2.36. The maximum atomic E-state index is 13.6. The lowest BCUT2D eigenvalue weighted by atomic mass is 9.98. The van der Waals surface area contributed by atoms with Gasteiger partial charge in [0.1, 0.15) is 0 Å². The molecule has 0 aromatic heterocycles. The van der Waals surface area contributed by atoms with Crippen LogP contribution in [0.1, 0.15) is 38.3 Å². The maximum Gasteiger partial charge on any atom is 0.218 e. The van der Waals surface area contributed by atoms with Crippen molar-refractivity contribution in [3.63, 3.8) is 0 Å². The summed E-state index contributed by atoms with van der Waals surface area (Å²) in [4.78, 5) is 13.1. The van der Waals surface area contributed by atoms with Crippen LogP contribution in [0.4, 0.5) is 13.2 Å². The van der Waals surface area contributed by atoms with Crippen molar-refractivity contribution in [2.45, 2.75) is 44.8 Å². The molecule has 0 unspecified atom stereocenters. The number of likely N-dealkylation sites (N-methyl/N-ethyl adjacent to an activating group) is 1. The largest absolute Gasteiger partial charge is 0.370 e. The Hall–Kier alpha value is -1.60. The molecular formula is C16H22F3N3O. The van der Waals surface area contributed by atoms with Gasteiger partial charge in [-0.15, -0.1) is 0 Å². The monoisotopic (exact) mass is 329 g/mol. The smallest absolute Gasteiger partial charge is 0.218 e. The normalized spacial score (nSPS) is 23.2. The zero-order chi connectivity index (χ0) is 17.1. The number of amides is 1. The van der Waals surface area contributed by atoms with Gasteiger partial charge in [-0.2, -0.15) is 0 Å². The van der Waals surface area contributed by atoms with E-state index in [9.17, 15) is 18.0 Å². The second kappa shape index (κ2) is 7.31. The van der Waals surface area contributed by atoms with Gasteiger partial charge in [-0.25, -0.2) is 13.2 Å². The molecule has 1 aromatic rings. The number of nitrogens with one attached hydrogen (secondary N) is 1. The Morgan fingerprint density at radius 2 is 2.00 bits per heavy atom. The molecule has 0 radical (unpaired) electrons. The van der Waals surface area contributed by atoms with Crippen LogP contribution >= 0.6 is 0 Å². The summed E-state index contributed by atoms with van der Waals surface area (Å²) in [6, 6.07) is 1.58. The molecule has 1 aliphatic heterocycles. The fourth-order valence-electron chi connectivity index (χ4n) is 3.30. The van der Waals surface area contributed by atoms with Crippen molar-refractivity contribution in [3.8, 4) is 0 Å². The molecule has 1 aliphatic rings. The van der Waals surface area contributed by atoms with E-state index >= 15 is 0 Å². The first kappa shape index (κ1) is 17.7. The molecule has 3 N–H and O–H groups in total. The topological polar surface area (TPSA) is 58.4 Å². The van der Waals surface area contributed by atoms with Crippen molar-refractivity contribution in [3.05, 3.63) is 35.1 Å². The van der Waals surface area contributed by atoms with Gasteiger partial charge in [-0.05, 0) is 37.6 Å². The molecule has 3 atom stereocenters. The minimum atomic E-state index is -1.46. The number of benzene rings is 1. The standard InChI is InChI=1S/C16H22F3N3O/c1-3-22-5-4-13(21-9(2)6-14(20)23)16(22)10-7-11(17)15(19)12(18)8-10/h7-9,13,16,21H,3-6H2,1-2H3,(H2,20,23)/t9-,13+,16+/m1/s1. The van der Waals surface area contributed by atoms with Crippen LogP contribution in [0.15, 0.2) is 12.1 Å². The van der Waals surface area contributed by atoms with Gasteiger partial charge in [0, 0.05) is 25.0 Å². The van der Waals surface area contributed by atoms with Crippen LogP contribution in [0.25, 0.3) is 0 Å². The third-order valence-corrected chi connectivity index (χ3v) is 4.26. The van der Waals surface area contributed by atoms with Crippen molar-refractivity contribution in [1.82, 2.24) is 10.2 Å². The fraction of sp³-hybridized carbons (Fsp3) is 0.562. The van der Waals surface area contributed by atoms with E-state index in [4.69, 9.17) is 5.73 Å². The highest BCUT2D eigenvalue weighted by Crippen LogP contribution is 2.33. The third kappa shape index (κ3) is 4.03. The van der Waals surface area contributed by atoms with Crippen molar-refractivity contribution in [2.75, 3.05) is 13.1 Å². The second-order valence-electron chi connectivity index (χ2n) is 6.01. The first-order valence-corrected chi connectivity index (χ1v) is 7.76. The molecule has 1 saturated heterocycles. The molecule has 1 aromatic carbocycles. The maximum absolute atomic E-state index is 13.6. The number of carbonyl (C=O) groups excluding carboxylic acids is 1. The summed E-state index contributed by atoms with van der Waals surface area (Å²) in [6.07, 6.45) is 0.948. The highest BCUT2D eigenvalue weighted by molar-refractivity contribution is 5.74. The van der Waals surface area contributed by atoms with Crippen molar-refractivity contribution in [1.29, 1.82) is 0 Å². The summed E-state index contributed by atoms with van der Waals surface area (Å²) in [6.45, 7) is 5.25. The van der Waals surface area contributed by atoms with Crippen LogP contribution in [0.2, 0.25) is 0 Å². The number of primary amides is 1. The zero-order valence-corrected chi connectivity index (χ0v) is 13.3. The van der Waals surface area contributed by atoms with Crippen LogP contribution in [0.5, 0.6) is 0 Å². The first-order chi connectivity index (χ1) is 10.8. The van der Waals surface area contributed by atoms with E-state index in [2.05, 4.69) is 10.2 Å². The molecule has 128 valence electrons. The number of carbonyl (C=O) groups is 1. The summed E-state index contributed by atoms with van der Waals surface area (Å²) < 4.78 is 40.3. The Bertz CT molecular complexity index is 559. The summed E-state index contributed by atoms with van der Waals surface area (Å²) in [5, 5.41) is 3.30. The molecule has 7 heteroatoms. The van der Waals surface area contributed by atoms with Crippen LogP contribution in [0.3, 0.4) is 0 Å². The lowest BCUT2D eigenvalue weighted by molar-refractivity contribution is -0.118. The van der Waals surface area contributed by atoms with E-state index < -0.39 is 23.4 Å². The van der Waals surface area contributed by atoms with Gasteiger partial charge in [0.25, 0.3) is 0 Å². The number of hydrogen-bond donors (Lipinski definition) is 2. The third-order valence-electron chi connectivity index (χ3n) is 4.26. The number of nitrogens with two attached hydrogens (primary N) is 1. The van der Waals surface area contributed by atoms with Crippen molar-refractivity contribution >= 4 is 5.91 Å². The molecule has 0 bridgehead atoms. The van der Waals surface area contributed by atoms with Crippen LogP contribution in [0, 0.1) is 17.5 Å². The average molecular weight is 329 g/mol. The van der Waals surface area contributed by atoms with Gasteiger partial charge in [0.15, 0.2) is 17.5 Å². The molecule has 0 spiro atoms. The summed E-state index contributed by atoms with van der Waals surface area (Å²) in [5.74, 6) is -4.24. The number of hydrogen-bond acceptors (Lipinski definition) is 3. The van der Waals surface area contributed by atoms with E-state index in [1.54, 1.807) is 0 Å². The molecule has 1 amide bonds. The summed E-state index contributed by atoms with van der Waals surface area (Å²) >= 11 is 0. The Labute approximate surface area is 133 Å². The van der Waals surface area contributed by atoms with Crippen molar-refractivity contribution in [2.24, 2.45) is 5.73 Å². The molecule has 23 heavy (non-hydrogen) atoms. The van der Waals surface area contributed by atoms with Crippen LogP contribution in [-0.2, 0) is 4.79 Å². The Morgan fingerprint density at radius 1 is 1.39 bits per heavy atom. The fourth-order valence-corrected chi connectivity index (χ4v) is 3.30. The van der Waals surface area contributed by atoms with E-state index in [0.717, 1.165) is 25.1 Å². The molecule has 4 nitrogen and oxygen atoms in total. The number of nitrogens with zero attached hydrogens (tertiary/aromatic N) is 1. The molecular weight excluding hydrogens is 307 g/mol. The molecule has 1 heterocycles. The quantitative estimate of drug-likeness (QED) is 0.786. The van der Waals surface area contributed by atoms with E-state index in [-0.39, 0.29) is 24.5 Å². The van der Waals surface area contributed by atoms with E-state index in [0.29, 0.717) is 12.1 Å². The van der Waals surface area contributed by atoms with E-state index in [1.807, 2.05) is 13.8 Å². The average Bonchev–Trinajstić information content (AvgIpc) is 2.85. The summed E-state index contributed by atoms with van der Waals surface area (Å²) in [7, 11) is 0. The van der Waals surface area contributed by atoms with Crippen molar-refractivity contribution < 1.29 is 18.0 Å². The Morgan fingerprint density at radius 3 is 2.52 bits per heavy atom. The molecule has 0 aliphatic carbocycles. The van der Waals surface area contributed by atoms with Gasteiger partial charge in [-0.3, -0.25) is 9.69 Å². The van der Waals surface area contributed by atoms with Gasteiger partial charge >= 0.3 is 0 Å². The summed E-state index contributed by atoms with van der Waals surface area (Å²) in [5.41, 5.74) is 5.59. The lowest BCUT2D eigenvalue weighted by Crippen LogP contribution is -2.42. The van der Waals surface area contributed by atoms with Gasteiger partial charge in [-0.1, -0.05) is 6.92 Å². The van der Waals surface area contributed by atoms with E-state index in [1.165, 1.54) is 0 Å². The second-order valence-corrected chi connectivity index (χ2v) is 6.01. The van der Waals surface area contributed by atoms with Gasteiger partial charge < -0.3 is 11.1 Å². The number of halogens is 3. The molecule has 1 fully saturated rings. The minimum Gasteiger partial charge on any atom is -0.370 e. The number of rotatable bonds is 6. The Balaban J connectivity index is 2.25. The zero-order valence-electron chi connectivity index (χ0n) is 13.3.